The van der Waals surface area contributed by atoms with E-state index in [0.717, 1.165) is 201 Å². The van der Waals surface area contributed by atoms with Crippen LogP contribution in [-0.2, 0) is 0 Å². The lowest BCUT2D eigenvalue weighted by atomic mass is 9.87. The Balaban J connectivity index is 0.000000141. The molecule has 28 rings (SSSR count). The van der Waals surface area contributed by atoms with Crippen molar-refractivity contribution in [1.29, 1.82) is 0 Å². The zero-order chi connectivity index (χ0) is 92.2. The summed E-state index contributed by atoms with van der Waals surface area (Å²) in [6, 6.07) is 182. The number of hydrogen-bond acceptors (Lipinski definition) is 8. The summed E-state index contributed by atoms with van der Waals surface area (Å²) in [4.78, 5) is 9.42. The summed E-state index contributed by atoms with van der Waals surface area (Å²) < 4.78 is 27.1. The van der Waals surface area contributed by atoms with Crippen molar-refractivity contribution in [2.24, 2.45) is 0 Å². The van der Waals surface area contributed by atoms with Gasteiger partial charge in [-0.25, -0.2) is 0 Å². The maximum absolute atomic E-state index is 6.94. The minimum absolute atomic E-state index is 0.845. The van der Waals surface area contributed by atoms with Crippen LogP contribution in [0.5, 0.6) is 23.0 Å². The number of para-hydroxylation sites is 10. The first-order valence-corrected chi connectivity index (χ1v) is 47.6. The van der Waals surface area contributed by atoms with E-state index >= 15 is 0 Å². The van der Waals surface area contributed by atoms with Gasteiger partial charge in [0.05, 0.1) is 34.1 Å². The molecule has 2 aromatic heterocycles. The number of hydrogen-bond donors (Lipinski definition) is 0. The van der Waals surface area contributed by atoms with Gasteiger partial charge in [-0.15, -0.1) is 0 Å². The van der Waals surface area contributed by atoms with Crippen molar-refractivity contribution in [2.45, 2.75) is 0 Å². The standard InChI is InChI=1S/2C66H42N2O2/c1-4-18-44(19-5-1)49-24-12-14-30-59(49)68(47-22-8-3-9-23-47)61-42-57-54-28-17-33-63-65(54)58(41-56(57)50-25-10-11-26-51(50)61)53-39-36-45(40-64(53)69-63)43-34-37-48(38-35-43)67(46-20-6-2-7-21-46)60-31-16-29-55-52-27-13-15-32-62(52)70-66(55)60;1-4-18-44(19-5-1)49-24-12-14-30-59(49)67(46-20-6-2-7-21-46)48-37-34-43(35-38-48)45-36-39-53-58-41-56-50-25-10-11-26-51(50)61(42-57(56)54-28-17-33-63(65(54)58)69-64(53)40-45)68(47-22-8-3-9-23-47)60-31-16-29-55-52-27-13-15-32-62(52)70-66(55)60/h2*1-42H. The quantitative estimate of drug-likeness (QED) is 0.0887. The van der Waals surface area contributed by atoms with Crippen molar-refractivity contribution in [3.8, 4) is 89.8 Å². The van der Waals surface area contributed by atoms with Gasteiger partial charge >= 0.3 is 0 Å². The van der Waals surface area contributed by atoms with Crippen LogP contribution in [0.1, 0.15) is 0 Å². The molecule has 4 heterocycles. The van der Waals surface area contributed by atoms with Crippen molar-refractivity contribution >= 4 is 177 Å². The Morgan fingerprint density at radius 1 is 0.136 bits per heavy atom. The van der Waals surface area contributed by atoms with Gasteiger partial charge in [0.25, 0.3) is 0 Å². The van der Waals surface area contributed by atoms with E-state index in [9.17, 15) is 0 Å². The van der Waals surface area contributed by atoms with Crippen LogP contribution in [0.15, 0.2) is 518 Å². The molecule has 0 saturated heterocycles. The SMILES string of the molecule is c1ccc(-c2ccccc2N(c2ccccc2)c2cc3c4cccc5c4c(cc3c3ccccc23)-c2ccc(-c3ccc(N(c4ccccc4)c4cccc6c4oc4ccccc46)cc3)cc2O5)cc1.c1ccc(-c2ccccc2N(c2ccccc2)c2ccc(-c3ccc4c(c3)Oc3cccc5c3c-4cc3c4ccccc4c(N(c4ccccc4)c4cccc6c4oc4ccccc46)cc53)cc2)cc1. The van der Waals surface area contributed by atoms with Gasteiger partial charge in [0.1, 0.15) is 34.2 Å². The van der Waals surface area contributed by atoms with E-state index in [-0.39, 0.29) is 0 Å². The molecular weight excluding hydrogens is 1710 g/mol. The molecule has 140 heavy (non-hydrogen) atoms. The summed E-state index contributed by atoms with van der Waals surface area (Å²) in [6.07, 6.45) is 0. The Morgan fingerprint density at radius 3 is 0.857 bits per heavy atom. The van der Waals surface area contributed by atoms with E-state index in [1.54, 1.807) is 0 Å². The van der Waals surface area contributed by atoms with Crippen molar-refractivity contribution in [1.82, 2.24) is 0 Å². The third kappa shape index (κ3) is 13.7. The van der Waals surface area contributed by atoms with Gasteiger partial charge in [-0.1, -0.05) is 340 Å². The molecule has 2 aliphatic rings. The van der Waals surface area contributed by atoms with Crippen LogP contribution in [0, 0.1) is 0 Å². The van der Waals surface area contributed by atoms with Crippen LogP contribution in [0.25, 0.3) is 175 Å². The van der Waals surface area contributed by atoms with Gasteiger partial charge in [0.15, 0.2) is 11.2 Å². The van der Waals surface area contributed by atoms with Crippen molar-refractivity contribution in [2.75, 3.05) is 19.6 Å². The molecule has 24 aromatic carbocycles. The smallest absolute Gasteiger partial charge is 0.159 e. The minimum atomic E-state index is 0.845. The van der Waals surface area contributed by atoms with Crippen LogP contribution in [0.3, 0.4) is 0 Å². The van der Waals surface area contributed by atoms with Crippen LogP contribution >= 0.6 is 0 Å². The van der Waals surface area contributed by atoms with E-state index in [2.05, 4.69) is 511 Å². The molecule has 0 fully saturated rings. The summed E-state index contributed by atoms with van der Waals surface area (Å²) in [7, 11) is 0. The van der Waals surface area contributed by atoms with Gasteiger partial charge in [-0.2, -0.15) is 0 Å². The molecule has 0 amide bonds. The predicted octanol–water partition coefficient (Wildman–Crippen LogP) is 38.2. The molecule has 0 spiro atoms. The molecule has 2 aliphatic heterocycles. The molecule has 0 unspecified atom stereocenters. The number of fused-ring (bicyclic) bond motifs is 18. The van der Waals surface area contributed by atoms with Crippen LogP contribution < -0.4 is 29.1 Å². The Hall–Kier alpha value is -18.8. The molecule has 0 aliphatic carbocycles. The molecule has 8 heteroatoms. The second kappa shape index (κ2) is 33.7. The number of anilines is 12. The zero-order valence-corrected chi connectivity index (χ0v) is 75.9. The monoisotopic (exact) mass is 1790 g/mol. The minimum Gasteiger partial charge on any atom is -0.456 e. The average Bonchev–Trinajstić information content (AvgIpc) is 0.718. The van der Waals surface area contributed by atoms with Gasteiger partial charge in [-0.05, 0) is 257 Å². The number of nitrogens with zero attached hydrogens (tertiary/aromatic N) is 4. The van der Waals surface area contributed by atoms with Crippen molar-refractivity contribution in [3.05, 3.63) is 510 Å². The number of rotatable bonds is 16. The molecule has 26 aromatic rings. The van der Waals surface area contributed by atoms with Crippen LogP contribution in [0.4, 0.5) is 68.2 Å². The zero-order valence-electron chi connectivity index (χ0n) is 75.9. The lowest BCUT2D eigenvalue weighted by Crippen LogP contribution is -2.12. The lowest BCUT2D eigenvalue weighted by Gasteiger charge is -2.30. The average molecular weight is 1790 g/mol. The van der Waals surface area contributed by atoms with Crippen molar-refractivity contribution in [3.63, 3.8) is 0 Å². The van der Waals surface area contributed by atoms with Gasteiger partial charge in [-0.3, -0.25) is 0 Å². The van der Waals surface area contributed by atoms with Crippen LogP contribution in [0.2, 0.25) is 0 Å². The second-order valence-electron chi connectivity index (χ2n) is 36.0. The van der Waals surface area contributed by atoms with Gasteiger partial charge in [0, 0.05) is 99.5 Å². The molecule has 0 bridgehead atoms. The fourth-order valence-electron chi connectivity index (χ4n) is 21.7. The molecule has 0 saturated carbocycles. The molecule has 8 nitrogen and oxygen atoms in total. The Labute approximate surface area is 808 Å². The summed E-state index contributed by atoms with van der Waals surface area (Å²) in [5, 5.41) is 18.4. The van der Waals surface area contributed by atoms with Crippen LogP contribution in [-0.4, -0.2) is 0 Å². The van der Waals surface area contributed by atoms with E-state index in [0.29, 0.717) is 0 Å². The normalized spacial score (nSPS) is 11.8. The number of furan rings is 2. The highest BCUT2D eigenvalue weighted by Gasteiger charge is 2.31. The maximum atomic E-state index is 6.94. The Bertz CT molecular complexity index is 9380. The first-order chi connectivity index (χ1) is 69.5. The third-order valence-electron chi connectivity index (χ3n) is 28.0. The lowest BCUT2D eigenvalue weighted by molar-refractivity contribution is 0.487. The van der Waals surface area contributed by atoms with E-state index < -0.39 is 0 Å². The highest BCUT2D eigenvalue weighted by Crippen LogP contribution is 2.58. The predicted molar refractivity (Wildman–Crippen MR) is 584 cm³/mol. The molecule has 656 valence electrons. The highest BCUT2D eigenvalue weighted by molar-refractivity contribution is 6.28. The topological polar surface area (TPSA) is 57.7 Å². The highest BCUT2D eigenvalue weighted by atomic mass is 16.5. The Kier molecular flexibility index (Phi) is 19.5. The fourth-order valence-corrected chi connectivity index (χ4v) is 21.7. The second-order valence-corrected chi connectivity index (χ2v) is 36.0. The molecular formula is C132H84N4O4. The summed E-state index contributed by atoms with van der Waals surface area (Å²) in [5.41, 5.74) is 29.8. The fraction of sp³-hybridized carbons (Fsp3) is 0. The van der Waals surface area contributed by atoms with E-state index in [1.807, 2.05) is 18.2 Å². The van der Waals surface area contributed by atoms with Gasteiger partial charge in [0.2, 0.25) is 0 Å². The summed E-state index contributed by atoms with van der Waals surface area (Å²) >= 11 is 0. The molecule has 0 N–H and O–H groups in total. The largest absolute Gasteiger partial charge is 0.456 e. The summed E-state index contributed by atoms with van der Waals surface area (Å²) in [6.45, 7) is 0. The van der Waals surface area contributed by atoms with Gasteiger partial charge < -0.3 is 37.9 Å². The summed E-state index contributed by atoms with van der Waals surface area (Å²) in [5.74, 6) is 3.40. The van der Waals surface area contributed by atoms with E-state index in [1.165, 1.54) is 65.7 Å². The maximum Gasteiger partial charge on any atom is 0.159 e. The van der Waals surface area contributed by atoms with Crippen molar-refractivity contribution < 1.29 is 18.3 Å². The number of ether oxygens (including phenoxy) is 2. The molecule has 0 atom stereocenters. The first kappa shape index (κ1) is 80.9. The molecule has 0 radical (unpaired) electrons. The first-order valence-electron chi connectivity index (χ1n) is 47.6. The third-order valence-corrected chi connectivity index (χ3v) is 28.0. The Morgan fingerprint density at radius 2 is 0.429 bits per heavy atom. The number of benzene rings is 24. The van der Waals surface area contributed by atoms with E-state index in [4.69, 9.17) is 18.3 Å².